The standard InChI is InChI=1S/C27H26N2O13/c1-13-5-3-4-6-16(13)38-14(2)28-11-15(30)12-37-23-21(26(35)36)24-25(40-18(32)8-7-17(31)39-24)29-22(23)27-41-19(33)9-10-20(34)42-27/h3-10,14-15,26-28,30,35-36H,11-12H2,1-2H3/b8-7-. The third-order valence-electron chi connectivity index (χ3n) is 5.64. The molecule has 4 rings (SSSR count). The maximum atomic E-state index is 12.2. The van der Waals surface area contributed by atoms with E-state index in [1.165, 1.54) is 0 Å². The van der Waals surface area contributed by atoms with Crippen LogP contribution in [0.3, 0.4) is 0 Å². The predicted octanol–water partition coefficient (Wildman–Crippen LogP) is 0.163. The molecular formula is C27H26N2O13. The third-order valence-corrected chi connectivity index (χ3v) is 5.64. The zero-order valence-corrected chi connectivity index (χ0v) is 22.2. The highest BCUT2D eigenvalue weighted by molar-refractivity contribution is 5.95. The van der Waals surface area contributed by atoms with Gasteiger partial charge in [0.05, 0.1) is 5.56 Å². The Morgan fingerprint density at radius 2 is 1.55 bits per heavy atom. The van der Waals surface area contributed by atoms with Crippen LogP contribution in [-0.4, -0.2) is 69.7 Å². The number of ether oxygens (including phenoxy) is 6. The van der Waals surface area contributed by atoms with Crippen LogP contribution in [0.2, 0.25) is 0 Å². The Hall–Kier alpha value is -4.83. The summed E-state index contributed by atoms with van der Waals surface area (Å²) in [6.45, 7) is 2.97. The van der Waals surface area contributed by atoms with Crippen LogP contribution in [0.25, 0.3) is 0 Å². The van der Waals surface area contributed by atoms with Crippen LogP contribution in [0.5, 0.6) is 23.1 Å². The van der Waals surface area contributed by atoms with Crippen molar-refractivity contribution in [3.8, 4) is 23.1 Å². The number of cyclic esters (lactones) is 2. The van der Waals surface area contributed by atoms with Crippen molar-refractivity contribution < 1.29 is 62.9 Å². The van der Waals surface area contributed by atoms with Crippen molar-refractivity contribution >= 4 is 23.9 Å². The number of benzene rings is 1. The highest BCUT2D eigenvalue weighted by Gasteiger charge is 2.37. The second kappa shape index (κ2) is 13.2. The number of carbonyl (C=O) groups excluding carboxylic acids is 4. The van der Waals surface area contributed by atoms with Gasteiger partial charge in [-0.2, -0.15) is 0 Å². The Balaban J connectivity index is 1.62. The van der Waals surface area contributed by atoms with Gasteiger partial charge in [0.15, 0.2) is 17.7 Å². The first-order valence-electron chi connectivity index (χ1n) is 12.4. The van der Waals surface area contributed by atoms with Crippen molar-refractivity contribution in [2.45, 2.75) is 38.8 Å². The van der Waals surface area contributed by atoms with Crippen LogP contribution in [0.4, 0.5) is 0 Å². The van der Waals surface area contributed by atoms with Gasteiger partial charge in [0.1, 0.15) is 24.7 Å². The smallest absolute Gasteiger partial charge is 0.337 e. The zero-order chi connectivity index (χ0) is 30.4. The summed E-state index contributed by atoms with van der Waals surface area (Å²) in [7, 11) is 0. The third kappa shape index (κ3) is 7.46. The quantitative estimate of drug-likeness (QED) is 0.216. The topological polar surface area (TPSA) is 209 Å². The number of nitrogens with zero attached hydrogens (tertiary/aromatic N) is 1. The molecule has 3 heterocycles. The molecule has 2 aliphatic rings. The fourth-order valence-corrected chi connectivity index (χ4v) is 3.70. The maximum Gasteiger partial charge on any atom is 0.337 e. The Labute approximate surface area is 237 Å². The van der Waals surface area contributed by atoms with Crippen LogP contribution >= 0.6 is 0 Å². The van der Waals surface area contributed by atoms with Crippen LogP contribution in [0.1, 0.15) is 36.3 Å². The normalized spacial score (nSPS) is 17.5. The molecule has 2 unspecified atom stereocenters. The van der Waals surface area contributed by atoms with E-state index in [9.17, 15) is 34.5 Å². The summed E-state index contributed by atoms with van der Waals surface area (Å²) >= 11 is 0. The van der Waals surface area contributed by atoms with E-state index < -0.39 is 84.0 Å². The molecule has 1 aromatic carbocycles. The first-order valence-corrected chi connectivity index (χ1v) is 12.4. The number of fused-ring (bicyclic) bond motifs is 1. The molecule has 0 saturated heterocycles. The molecule has 0 spiro atoms. The van der Waals surface area contributed by atoms with Crippen molar-refractivity contribution in [2.24, 2.45) is 0 Å². The van der Waals surface area contributed by atoms with E-state index in [1.54, 1.807) is 13.0 Å². The Morgan fingerprint density at radius 1 is 0.929 bits per heavy atom. The minimum atomic E-state index is -2.46. The number of hydrogen-bond donors (Lipinski definition) is 4. The van der Waals surface area contributed by atoms with E-state index in [-0.39, 0.29) is 6.54 Å². The van der Waals surface area contributed by atoms with Crippen molar-refractivity contribution in [1.29, 1.82) is 0 Å². The van der Waals surface area contributed by atoms with Gasteiger partial charge in [-0.05, 0) is 25.5 Å². The molecule has 0 amide bonds. The van der Waals surface area contributed by atoms with Gasteiger partial charge in [-0.15, -0.1) is 0 Å². The number of carbonyl (C=O) groups is 4. The molecule has 42 heavy (non-hydrogen) atoms. The van der Waals surface area contributed by atoms with Crippen molar-refractivity contribution in [1.82, 2.24) is 10.3 Å². The van der Waals surface area contributed by atoms with Crippen LogP contribution in [0, 0.1) is 6.92 Å². The number of rotatable bonds is 10. The molecule has 2 aromatic rings. The molecule has 2 aliphatic heterocycles. The number of esters is 4. The van der Waals surface area contributed by atoms with E-state index in [4.69, 9.17) is 28.4 Å². The summed E-state index contributed by atoms with van der Waals surface area (Å²) in [4.78, 5) is 52.4. The van der Waals surface area contributed by atoms with Gasteiger partial charge in [-0.1, -0.05) is 18.2 Å². The second-order valence-electron chi connectivity index (χ2n) is 8.86. The lowest BCUT2D eigenvalue weighted by atomic mass is 10.1. The van der Waals surface area contributed by atoms with Crippen LogP contribution in [0.15, 0.2) is 48.6 Å². The number of hydrogen-bond acceptors (Lipinski definition) is 15. The first kappa shape index (κ1) is 30.1. The van der Waals surface area contributed by atoms with Gasteiger partial charge in [0.2, 0.25) is 5.75 Å². The summed E-state index contributed by atoms with van der Waals surface area (Å²) in [5.41, 5.74) is -0.375. The Bertz CT molecular complexity index is 1420. The van der Waals surface area contributed by atoms with Gasteiger partial charge < -0.3 is 43.7 Å². The zero-order valence-electron chi connectivity index (χ0n) is 22.2. The van der Waals surface area contributed by atoms with Crippen molar-refractivity contribution in [3.05, 3.63) is 65.4 Å². The van der Waals surface area contributed by atoms with Crippen LogP contribution < -0.4 is 24.3 Å². The SMILES string of the molecule is Cc1ccccc1OC(C)NCC(O)COc1c(C2OC(=O)C=CC(=O)O2)nc2c(c1C(O)O)OC(=O)/C=C\C(=O)O2. The number of pyridine rings is 1. The lowest BCUT2D eigenvalue weighted by Gasteiger charge is -2.25. The average molecular weight is 587 g/mol. The maximum absolute atomic E-state index is 12.2. The van der Waals surface area contributed by atoms with E-state index >= 15 is 0 Å². The van der Waals surface area contributed by atoms with E-state index in [1.807, 2.05) is 25.1 Å². The number of nitrogens with one attached hydrogen (secondary N) is 1. The predicted molar refractivity (Wildman–Crippen MR) is 137 cm³/mol. The van der Waals surface area contributed by atoms with Gasteiger partial charge >= 0.3 is 23.9 Å². The van der Waals surface area contributed by atoms with E-state index in [0.29, 0.717) is 5.75 Å². The number of aliphatic hydroxyl groups excluding tert-OH is 2. The lowest BCUT2D eigenvalue weighted by molar-refractivity contribution is -0.181. The van der Waals surface area contributed by atoms with Crippen LogP contribution in [-0.2, 0) is 28.7 Å². The van der Waals surface area contributed by atoms with Gasteiger partial charge in [0.25, 0.3) is 12.2 Å². The molecule has 15 nitrogen and oxygen atoms in total. The molecule has 0 fully saturated rings. The molecule has 0 aliphatic carbocycles. The Morgan fingerprint density at radius 3 is 2.19 bits per heavy atom. The summed E-state index contributed by atoms with van der Waals surface area (Å²) in [6.07, 6.45) is -3.18. The molecule has 222 valence electrons. The molecule has 0 saturated carbocycles. The monoisotopic (exact) mass is 586 g/mol. The number of aliphatic hydroxyl groups is 3. The summed E-state index contributed by atoms with van der Waals surface area (Å²) in [5.74, 6) is -5.69. The fraction of sp³-hybridized carbons (Fsp3) is 0.296. The molecule has 1 aromatic heterocycles. The minimum absolute atomic E-state index is 0.0769. The number of aromatic nitrogens is 1. The lowest BCUT2D eigenvalue weighted by Crippen LogP contribution is -2.39. The summed E-state index contributed by atoms with van der Waals surface area (Å²) < 4.78 is 31.7. The molecule has 0 radical (unpaired) electrons. The summed E-state index contributed by atoms with van der Waals surface area (Å²) in [6, 6.07) is 7.33. The van der Waals surface area contributed by atoms with Gasteiger partial charge in [0, 0.05) is 30.8 Å². The number of para-hydroxylation sites is 1. The fourth-order valence-electron chi connectivity index (χ4n) is 3.70. The molecule has 4 N–H and O–H groups in total. The Kier molecular flexibility index (Phi) is 9.49. The minimum Gasteiger partial charge on any atom is -0.488 e. The summed E-state index contributed by atoms with van der Waals surface area (Å²) in [5, 5.41) is 34.0. The van der Waals surface area contributed by atoms with Crippen molar-refractivity contribution in [2.75, 3.05) is 13.2 Å². The molecular weight excluding hydrogens is 560 g/mol. The molecule has 0 bridgehead atoms. The van der Waals surface area contributed by atoms with Gasteiger partial charge in [-0.25, -0.2) is 24.2 Å². The largest absolute Gasteiger partial charge is 0.488 e. The second-order valence-corrected chi connectivity index (χ2v) is 8.86. The highest BCUT2D eigenvalue weighted by atomic mass is 16.7. The highest BCUT2D eigenvalue weighted by Crippen LogP contribution is 2.45. The molecule has 15 heteroatoms. The average Bonchev–Trinajstić information content (AvgIpc) is 3.10. The first-order chi connectivity index (χ1) is 20.0. The van der Waals surface area contributed by atoms with Crippen molar-refractivity contribution in [3.63, 3.8) is 0 Å². The van der Waals surface area contributed by atoms with Gasteiger partial charge in [-0.3, -0.25) is 5.32 Å². The number of aryl methyl sites for hydroxylation is 1. The van der Waals surface area contributed by atoms with E-state index in [2.05, 4.69) is 10.3 Å². The van der Waals surface area contributed by atoms with E-state index in [0.717, 1.165) is 29.9 Å². The molecule has 2 atom stereocenters.